The molecule has 0 saturated carbocycles. The average Bonchev–Trinajstić information content (AvgIpc) is 2.72. The summed E-state index contributed by atoms with van der Waals surface area (Å²) in [6.45, 7) is 4.31. The van der Waals surface area contributed by atoms with Gasteiger partial charge in [0, 0.05) is 0 Å². The summed E-state index contributed by atoms with van der Waals surface area (Å²) in [6, 6.07) is 8.02. The van der Waals surface area contributed by atoms with Crippen LogP contribution in [0.2, 0.25) is 0 Å². The molecule has 0 aliphatic rings. The number of fused-ring (bicyclic) bond motifs is 1. The molecule has 1 aromatic heterocycles. The Balaban J connectivity index is 2.19. The highest BCUT2D eigenvalue weighted by Gasteiger charge is 2.15. The van der Waals surface area contributed by atoms with Gasteiger partial charge in [-0.15, -0.1) is 11.3 Å². The Morgan fingerprint density at radius 3 is 2.81 bits per heavy atom. The van der Waals surface area contributed by atoms with E-state index in [1.54, 1.807) is 11.3 Å². The standard InChI is InChI=1S/C13H17NOS/c1-3-9(2)8-11(15)13-14-10-6-4-5-7-12(10)16-13/h4-7,9,11,15H,3,8H2,1-2H3. The van der Waals surface area contributed by atoms with Crippen molar-refractivity contribution in [3.63, 3.8) is 0 Å². The van der Waals surface area contributed by atoms with Crippen LogP contribution in [-0.2, 0) is 0 Å². The van der Waals surface area contributed by atoms with Crippen molar-refractivity contribution in [2.24, 2.45) is 5.92 Å². The fourth-order valence-electron chi connectivity index (χ4n) is 1.68. The predicted octanol–water partition coefficient (Wildman–Crippen LogP) is 3.77. The van der Waals surface area contributed by atoms with E-state index >= 15 is 0 Å². The lowest BCUT2D eigenvalue weighted by molar-refractivity contribution is 0.146. The molecule has 0 aliphatic carbocycles. The Bertz CT molecular complexity index is 433. The highest BCUT2D eigenvalue weighted by atomic mass is 32.1. The van der Waals surface area contributed by atoms with Gasteiger partial charge in [0.2, 0.25) is 0 Å². The number of hydrogen-bond acceptors (Lipinski definition) is 3. The zero-order valence-electron chi connectivity index (χ0n) is 9.68. The van der Waals surface area contributed by atoms with Gasteiger partial charge in [0.15, 0.2) is 0 Å². The van der Waals surface area contributed by atoms with Crippen LogP contribution in [0.4, 0.5) is 0 Å². The summed E-state index contributed by atoms with van der Waals surface area (Å²) in [5.74, 6) is 0.544. The van der Waals surface area contributed by atoms with Crippen LogP contribution in [0.25, 0.3) is 10.2 Å². The van der Waals surface area contributed by atoms with E-state index in [0.29, 0.717) is 5.92 Å². The lowest BCUT2D eigenvalue weighted by Crippen LogP contribution is -2.03. The third-order valence-corrected chi connectivity index (χ3v) is 4.06. The van der Waals surface area contributed by atoms with Gasteiger partial charge in [0.1, 0.15) is 11.1 Å². The molecule has 0 radical (unpaired) electrons. The predicted molar refractivity (Wildman–Crippen MR) is 68.7 cm³/mol. The van der Waals surface area contributed by atoms with E-state index in [9.17, 15) is 5.11 Å². The van der Waals surface area contributed by atoms with E-state index < -0.39 is 6.10 Å². The number of benzene rings is 1. The molecule has 0 saturated heterocycles. The maximum absolute atomic E-state index is 10.1. The van der Waals surface area contributed by atoms with Crippen molar-refractivity contribution in [1.29, 1.82) is 0 Å². The Labute approximate surface area is 100.0 Å². The normalized spacial score (nSPS) is 15.2. The second kappa shape index (κ2) is 4.93. The van der Waals surface area contributed by atoms with Gasteiger partial charge in [-0.1, -0.05) is 32.4 Å². The van der Waals surface area contributed by atoms with Crippen molar-refractivity contribution in [3.05, 3.63) is 29.3 Å². The molecule has 2 atom stereocenters. The van der Waals surface area contributed by atoms with E-state index in [-0.39, 0.29) is 0 Å². The first-order valence-electron chi connectivity index (χ1n) is 5.74. The van der Waals surface area contributed by atoms with Crippen LogP contribution in [0.3, 0.4) is 0 Å². The van der Waals surface area contributed by atoms with E-state index in [4.69, 9.17) is 0 Å². The van der Waals surface area contributed by atoms with Crippen molar-refractivity contribution >= 4 is 21.6 Å². The molecule has 0 bridgehead atoms. The number of aliphatic hydroxyl groups excluding tert-OH is 1. The lowest BCUT2D eigenvalue weighted by atomic mass is 10.0. The average molecular weight is 235 g/mol. The van der Waals surface area contributed by atoms with Crippen LogP contribution in [-0.4, -0.2) is 10.1 Å². The Kier molecular flexibility index (Phi) is 3.56. The van der Waals surface area contributed by atoms with Gasteiger partial charge in [-0.2, -0.15) is 0 Å². The Morgan fingerprint density at radius 1 is 1.38 bits per heavy atom. The Morgan fingerprint density at radius 2 is 2.12 bits per heavy atom. The van der Waals surface area contributed by atoms with Crippen LogP contribution in [0.1, 0.15) is 37.8 Å². The van der Waals surface area contributed by atoms with Crippen LogP contribution < -0.4 is 0 Å². The molecule has 2 rings (SSSR count). The molecule has 0 aliphatic heterocycles. The monoisotopic (exact) mass is 235 g/mol. The number of para-hydroxylation sites is 1. The topological polar surface area (TPSA) is 33.1 Å². The van der Waals surface area contributed by atoms with Crippen molar-refractivity contribution in [3.8, 4) is 0 Å². The summed E-state index contributed by atoms with van der Waals surface area (Å²) in [7, 11) is 0. The molecule has 1 aromatic carbocycles. The number of rotatable bonds is 4. The fraction of sp³-hybridized carbons (Fsp3) is 0.462. The van der Waals surface area contributed by atoms with Crippen LogP contribution in [0, 0.1) is 5.92 Å². The minimum Gasteiger partial charge on any atom is -0.386 e. The highest BCUT2D eigenvalue weighted by molar-refractivity contribution is 7.18. The Hall–Kier alpha value is -0.930. The minimum atomic E-state index is -0.410. The molecule has 1 heterocycles. The van der Waals surface area contributed by atoms with Gasteiger partial charge in [0.05, 0.1) is 10.2 Å². The maximum atomic E-state index is 10.1. The van der Waals surface area contributed by atoms with E-state index in [1.807, 2.05) is 24.3 Å². The molecular weight excluding hydrogens is 218 g/mol. The molecule has 0 amide bonds. The van der Waals surface area contributed by atoms with Crippen molar-refractivity contribution in [2.45, 2.75) is 32.8 Å². The third-order valence-electron chi connectivity index (χ3n) is 2.92. The first-order valence-corrected chi connectivity index (χ1v) is 6.56. The van der Waals surface area contributed by atoms with E-state index in [2.05, 4.69) is 18.8 Å². The summed E-state index contributed by atoms with van der Waals surface area (Å²) in [5.41, 5.74) is 0.991. The zero-order chi connectivity index (χ0) is 11.5. The SMILES string of the molecule is CCC(C)CC(O)c1nc2ccccc2s1. The van der Waals surface area contributed by atoms with Crippen molar-refractivity contribution < 1.29 is 5.11 Å². The van der Waals surface area contributed by atoms with Gasteiger partial charge < -0.3 is 5.11 Å². The molecule has 3 heteroatoms. The van der Waals surface area contributed by atoms with Gasteiger partial charge in [-0.3, -0.25) is 0 Å². The van der Waals surface area contributed by atoms with Gasteiger partial charge in [0.25, 0.3) is 0 Å². The van der Waals surface area contributed by atoms with Crippen LogP contribution >= 0.6 is 11.3 Å². The molecule has 2 aromatic rings. The minimum absolute atomic E-state index is 0.410. The lowest BCUT2D eigenvalue weighted by Gasteiger charge is -2.12. The summed E-state index contributed by atoms with van der Waals surface area (Å²) in [5, 5.41) is 10.9. The summed E-state index contributed by atoms with van der Waals surface area (Å²) in [6.07, 6.45) is 1.49. The first kappa shape index (κ1) is 11.6. The number of nitrogens with zero attached hydrogens (tertiary/aromatic N) is 1. The smallest absolute Gasteiger partial charge is 0.122 e. The molecule has 0 fully saturated rings. The molecule has 16 heavy (non-hydrogen) atoms. The molecule has 0 spiro atoms. The number of aliphatic hydroxyl groups is 1. The van der Waals surface area contributed by atoms with Gasteiger partial charge >= 0.3 is 0 Å². The zero-order valence-corrected chi connectivity index (χ0v) is 10.5. The second-order valence-electron chi connectivity index (χ2n) is 4.28. The number of thiazole rings is 1. The van der Waals surface area contributed by atoms with Crippen molar-refractivity contribution in [1.82, 2.24) is 4.98 Å². The second-order valence-corrected chi connectivity index (χ2v) is 5.35. The van der Waals surface area contributed by atoms with Crippen molar-refractivity contribution in [2.75, 3.05) is 0 Å². The first-order chi connectivity index (χ1) is 7.70. The molecule has 1 N–H and O–H groups in total. The molecular formula is C13H17NOS. The highest BCUT2D eigenvalue weighted by Crippen LogP contribution is 2.29. The maximum Gasteiger partial charge on any atom is 0.122 e. The van der Waals surface area contributed by atoms with Gasteiger partial charge in [-0.25, -0.2) is 4.98 Å². The van der Waals surface area contributed by atoms with Crippen LogP contribution in [0.5, 0.6) is 0 Å². The van der Waals surface area contributed by atoms with Crippen LogP contribution in [0.15, 0.2) is 24.3 Å². The largest absolute Gasteiger partial charge is 0.386 e. The fourth-order valence-corrected chi connectivity index (χ4v) is 2.65. The summed E-state index contributed by atoms with van der Waals surface area (Å²) < 4.78 is 1.15. The number of aromatic nitrogens is 1. The third kappa shape index (κ3) is 2.42. The summed E-state index contributed by atoms with van der Waals surface area (Å²) in [4.78, 5) is 4.47. The molecule has 2 nitrogen and oxygen atoms in total. The van der Waals surface area contributed by atoms with E-state index in [0.717, 1.165) is 28.1 Å². The molecule has 86 valence electrons. The molecule has 2 unspecified atom stereocenters. The quantitative estimate of drug-likeness (QED) is 0.875. The number of hydrogen-bond donors (Lipinski definition) is 1. The van der Waals surface area contributed by atoms with E-state index in [1.165, 1.54) is 0 Å². The van der Waals surface area contributed by atoms with Gasteiger partial charge in [-0.05, 0) is 24.5 Å². The summed E-state index contributed by atoms with van der Waals surface area (Å²) >= 11 is 1.60.